The number of allylic oxidation sites excluding steroid dienone is 1. The number of hydrogen-bond donors (Lipinski definition) is 0. The molecule has 0 saturated carbocycles. The first-order chi connectivity index (χ1) is 15.6. The van der Waals surface area contributed by atoms with E-state index < -0.39 is 0 Å². The molecule has 0 radical (unpaired) electrons. The minimum Gasteiger partial charge on any atom is -0.493 e. The molecule has 3 heterocycles. The Morgan fingerprint density at radius 2 is 1.88 bits per heavy atom. The minimum atomic E-state index is -0.0995. The van der Waals surface area contributed by atoms with Gasteiger partial charge in [0.15, 0.2) is 27.4 Å². The Morgan fingerprint density at radius 1 is 1.12 bits per heavy atom. The van der Waals surface area contributed by atoms with Gasteiger partial charge in [0.2, 0.25) is 5.75 Å². The summed E-state index contributed by atoms with van der Waals surface area (Å²) in [6.45, 7) is 4.36. The van der Waals surface area contributed by atoms with Crippen LogP contribution in [0.3, 0.4) is 0 Å². The van der Waals surface area contributed by atoms with Crippen molar-refractivity contribution in [2.75, 3.05) is 21.3 Å². The van der Waals surface area contributed by atoms with Crippen molar-refractivity contribution in [1.82, 2.24) is 24.1 Å². The number of nitrogens with zero attached hydrogens (tertiary/aromatic N) is 5. The van der Waals surface area contributed by atoms with Gasteiger partial charge in [-0.3, -0.25) is 13.8 Å². The standard InChI is InChI=1S/C21H21N5O4S2/c1-5-6-26-19(13-9-15(28-2)18(30-4)16(10-13)29-3)23-24-21(26)32-12-14-11-17(27)25-7-8-31-20(25)22-14/h5,7-11H,1,6,12H2,2-4H3. The highest BCUT2D eigenvalue weighted by atomic mass is 32.2. The summed E-state index contributed by atoms with van der Waals surface area (Å²) in [5.74, 6) is 2.67. The first kappa shape index (κ1) is 21.9. The van der Waals surface area contributed by atoms with Gasteiger partial charge >= 0.3 is 0 Å². The van der Waals surface area contributed by atoms with Crippen LogP contribution in [0.25, 0.3) is 16.3 Å². The third-order valence-electron chi connectivity index (χ3n) is 4.66. The number of thioether (sulfide) groups is 1. The zero-order valence-corrected chi connectivity index (χ0v) is 19.4. The summed E-state index contributed by atoms with van der Waals surface area (Å²) in [6, 6.07) is 5.19. The molecule has 11 heteroatoms. The zero-order chi connectivity index (χ0) is 22.7. The lowest BCUT2D eigenvalue weighted by molar-refractivity contribution is 0.324. The van der Waals surface area contributed by atoms with Crippen molar-refractivity contribution in [2.24, 2.45) is 0 Å². The molecule has 0 saturated heterocycles. The average Bonchev–Trinajstić information content (AvgIpc) is 3.44. The Hall–Kier alpha value is -3.31. The first-order valence-corrected chi connectivity index (χ1v) is 11.4. The molecule has 32 heavy (non-hydrogen) atoms. The van der Waals surface area contributed by atoms with E-state index in [4.69, 9.17) is 14.2 Å². The zero-order valence-electron chi connectivity index (χ0n) is 17.8. The molecule has 0 spiro atoms. The van der Waals surface area contributed by atoms with E-state index >= 15 is 0 Å². The van der Waals surface area contributed by atoms with E-state index in [0.29, 0.717) is 51.2 Å². The Balaban J connectivity index is 1.68. The van der Waals surface area contributed by atoms with E-state index in [1.165, 1.54) is 27.5 Å². The number of rotatable bonds is 9. The fraction of sp³-hybridized carbons (Fsp3) is 0.238. The molecular weight excluding hydrogens is 450 g/mol. The van der Waals surface area contributed by atoms with Crippen LogP contribution in [0.5, 0.6) is 17.2 Å². The highest BCUT2D eigenvalue weighted by Gasteiger charge is 2.19. The number of fused-ring (bicyclic) bond motifs is 1. The van der Waals surface area contributed by atoms with Crippen LogP contribution >= 0.6 is 23.1 Å². The Bertz CT molecular complexity index is 1300. The predicted molar refractivity (Wildman–Crippen MR) is 124 cm³/mol. The van der Waals surface area contributed by atoms with Crippen LogP contribution < -0.4 is 19.8 Å². The molecule has 0 aliphatic carbocycles. The molecule has 1 aromatic carbocycles. The van der Waals surface area contributed by atoms with Gasteiger partial charge in [-0.25, -0.2) is 4.98 Å². The summed E-state index contributed by atoms with van der Waals surface area (Å²) in [5.41, 5.74) is 1.35. The summed E-state index contributed by atoms with van der Waals surface area (Å²) >= 11 is 2.87. The molecule has 0 atom stereocenters. The van der Waals surface area contributed by atoms with Gasteiger partial charge in [0, 0.05) is 35.5 Å². The van der Waals surface area contributed by atoms with Gasteiger partial charge in [0.1, 0.15) is 0 Å². The Labute approximate surface area is 192 Å². The summed E-state index contributed by atoms with van der Waals surface area (Å²) < 4.78 is 19.8. The maximum absolute atomic E-state index is 12.2. The number of aromatic nitrogens is 5. The Morgan fingerprint density at radius 3 is 2.53 bits per heavy atom. The van der Waals surface area contributed by atoms with Crippen LogP contribution in [0.4, 0.5) is 0 Å². The van der Waals surface area contributed by atoms with Crippen molar-refractivity contribution in [3.8, 4) is 28.6 Å². The summed E-state index contributed by atoms with van der Waals surface area (Å²) in [5, 5.41) is 11.3. The van der Waals surface area contributed by atoms with Crippen molar-refractivity contribution in [1.29, 1.82) is 0 Å². The number of hydrogen-bond acceptors (Lipinski definition) is 9. The minimum absolute atomic E-state index is 0.0995. The molecule has 0 aliphatic rings. The fourth-order valence-electron chi connectivity index (χ4n) is 3.21. The first-order valence-electron chi connectivity index (χ1n) is 9.52. The predicted octanol–water partition coefficient (Wildman–Crippen LogP) is 3.52. The number of benzene rings is 1. The van der Waals surface area contributed by atoms with Crippen LogP contribution in [-0.4, -0.2) is 45.5 Å². The molecule has 9 nitrogen and oxygen atoms in total. The van der Waals surface area contributed by atoms with E-state index in [2.05, 4.69) is 21.8 Å². The quantitative estimate of drug-likeness (QED) is 0.270. The highest BCUT2D eigenvalue weighted by Crippen LogP contribution is 2.41. The van der Waals surface area contributed by atoms with Crippen LogP contribution in [0.1, 0.15) is 5.69 Å². The molecule has 0 fully saturated rings. The van der Waals surface area contributed by atoms with Crippen LogP contribution in [0, 0.1) is 0 Å². The number of methoxy groups -OCH3 is 3. The van der Waals surface area contributed by atoms with E-state index in [0.717, 1.165) is 5.56 Å². The molecule has 3 aromatic heterocycles. The molecular formula is C21H21N5O4S2. The van der Waals surface area contributed by atoms with Crippen molar-refractivity contribution in [2.45, 2.75) is 17.5 Å². The molecule has 0 aliphatic heterocycles. The lowest BCUT2D eigenvalue weighted by Crippen LogP contribution is -2.12. The van der Waals surface area contributed by atoms with E-state index in [1.807, 2.05) is 22.1 Å². The van der Waals surface area contributed by atoms with Crippen molar-refractivity contribution < 1.29 is 14.2 Å². The van der Waals surface area contributed by atoms with Gasteiger partial charge in [-0.05, 0) is 12.1 Å². The monoisotopic (exact) mass is 471 g/mol. The van der Waals surface area contributed by atoms with Gasteiger partial charge < -0.3 is 14.2 Å². The maximum atomic E-state index is 12.2. The lowest BCUT2D eigenvalue weighted by atomic mass is 10.1. The molecule has 0 N–H and O–H groups in total. The molecule has 0 unspecified atom stereocenters. The third kappa shape index (κ3) is 4.08. The van der Waals surface area contributed by atoms with Gasteiger partial charge in [-0.1, -0.05) is 17.8 Å². The van der Waals surface area contributed by atoms with Crippen molar-refractivity contribution in [3.63, 3.8) is 0 Å². The van der Waals surface area contributed by atoms with E-state index in [1.54, 1.807) is 39.7 Å². The van der Waals surface area contributed by atoms with Crippen molar-refractivity contribution in [3.05, 3.63) is 58.5 Å². The fourth-order valence-corrected chi connectivity index (χ4v) is 4.79. The van der Waals surface area contributed by atoms with Gasteiger partial charge in [0.05, 0.1) is 27.0 Å². The second-order valence-corrected chi connectivity index (χ2v) is 8.36. The highest BCUT2D eigenvalue weighted by molar-refractivity contribution is 7.98. The second-order valence-electron chi connectivity index (χ2n) is 6.55. The molecule has 0 bridgehead atoms. The summed E-state index contributed by atoms with van der Waals surface area (Å²) in [6.07, 6.45) is 3.49. The van der Waals surface area contributed by atoms with Crippen molar-refractivity contribution >= 4 is 28.1 Å². The van der Waals surface area contributed by atoms with Crippen LogP contribution in [0.2, 0.25) is 0 Å². The largest absolute Gasteiger partial charge is 0.493 e. The average molecular weight is 472 g/mol. The summed E-state index contributed by atoms with van der Waals surface area (Å²) in [4.78, 5) is 17.5. The van der Waals surface area contributed by atoms with Gasteiger partial charge in [0.25, 0.3) is 5.56 Å². The topological polar surface area (TPSA) is 92.8 Å². The van der Waals surface area contributed by atoms with Crippen LogP contribution in [-0.2, 0) is 12.3 Å². The second kappa shape index (κ2) is 9.45. The number of thiazole rings is 1. The Kier molecular flexibility index (Phi) is 6.47. The van der Waals surface area contributed by atoms with Gasteiger partial charge in [-0.15, -0.1) is 28.1 Å². The normalized spacial score (nSPS) is 11.0. The SMILES string of the molecule is C=CCn1c(SCc2cc(=O)n3ccsc3n2)nnc1-c1cc(OC)c(OC)c(OC)c1. The van der Waals surface area contributed by atoms with E-state index in [9.17, 15) is 4.79 Å². The van der Waals surface area contributed by atoms with Crippen LogP contribution in [0.15, 0.2) is 52.4 Å². The summed E-state index contributed by atoms with van der Waals surface area (Å²) in [7, 11) is 4.69. The third-order valence-corrected chi connectivity index (χ3v) is 6.41. The van der Waals surface area contributed by atoms with E-state index in [-0.39, 0.29) is 5.56 Å². The number of ether oxygens (including phenoxy) is 3. The molecule has 0 amide bonds. The molecule has 4 rings (SSSR count). The molecule has 4 aromatic rings. The van der Waals surface area contributed by atoms with Gasteiger partial charge in [-0.2, -0.15) is 0 Å². The molecule has 166 valence electrons. The maximum Gasteiger partial charge on any atom is 0.258 e. The lowest BCUT2D eigenvalue weighted by Gasteiger charge is -2.14. The smallest absolute Gasteiger partial charge is 0.258 e.